The fourth-order valence-corrected chi connectivity index (χ4v) is 3.27. The summed E-state index contributed by atoms with van der Waals surface area (Å²) >= 11 is 3.46. The van der Waals surface area contributed by atoms with E-state index in [0.717, 1.165) is 42.8 Å². The van der Waals surface area contributed by atoms with Crippen molar-refractivity contribution in [1.82, 2.24) is 14.8 Å². The van der Waals surface area contributed by atoms with Crippen molar-refractivity contribution in [3.05, 3.63) is 22.4 Å². The number of hydrogen-bond acceptors (Lipinski definition) is 2. The molecule has 0 saturated carbocycles. The van der Waals surface area contributed by atoms with Gasteiger partial charge in [0.25, 0.3) is 5.91 Å². The molecule has 20 heavy (non-hydrogen) atoms. The van der Waals surface area contributed by atoms with E-state index < -0.39 is 0 Å². The average molecular weight is 342 g/mol. The number of nitrogens with one attached hydrogen (secondary N) is 1. The first kappa shape index (κ1) is 15.6. The minimum atomic E-state index is 0.146. The molecule has 1 aromatic heterocycles. The van der Waals surface area contributed by atoms with Gasteiger partial charge in [-0.15, -0.1) is 0 Å². The maximum Gasteiger partial charge on any atom is 0.270 e. The van der Waals surface area contributed by atoms with Crippen LogP contribution in [0, 0.1) is 0 Å². The van der Waals surface area contributed by atoms with Crippen LogP contribution in [-0.4, -0.2) is 41.1 Å². The first-order chi connectivity index (χ1) is 9.65. The molecule has 1 amide bonds. The Hall–Kier alpha value is -0.810. The number of carbonyl (C=O) groups excluding carboxylic acids is 1. The van der Waals surface area contributed by atoms with Crippen molar-refractivity contribution in [2.24, 2.45) is 0 Å². The largest absolute Gasteiger partial charge is 0.343 e. The van der Waals surface area contributed by atoms with Crippen molar-refractivity contribution in [2.45, 2.75) is 45.7 Å². The molecular formula is C15H24BrN3O. The van der Waals surface area contributed by atoms with Gasteiger partial charge in [0.1, 0.15) is 5.69 Å². The smallest absolute Gasteiger partial charge is 0.270 e. The molecule has 2 heterocycles. The molecule has 1 N–H and O–H groups in total. The van der Waals surface area contributed by atoms with Gasteiger partial charge in [0.05, 0.1) is 0 Å². The Balaban J connectivity index is 2.12. The highest BCUT2D eigenvalue weighted by molar-refractivity contribution is 9.10. The number of carbonyl (C=O) groups is 1. The van der Waals surface area contributed by atoms with Gasteiger partial charge in [-0.1, -0.05) is 6.92 Å². The highest BCUT2D eigenvalue weighted by Crippen LogP contribution is 2.18. The molecule has 4 nitrogen and oxygen atoms in total. The molecule has 0 spiro atoms. The quantitative estimate of drug-likeness (QED) is 0.863. The molecule has 2 rings (SSSR count). The molecule has 0 radical (unpaired) electrons. The van der Waals surface area contributed by atoms with Crippen molar-refractivity contribution < 1.29 is 4.79 Å². The Kier molecular flexibility index (Phi) is 5.66. The standard InChI is InChI=1S/C15H24BrN3O/c1-3-8-19(11-13-6-5-7-17-13)15(20)14-9-12(16)10-18(14)4-2/h9-10,13,17H,3-8,11H2,1-2H3. The summed E-state index contributed by atoms with van der Waals surface area (Å²) in [5.41, 5.74) is 0.783. The zero-order valence-electron chi connectivity index (χ0n) is 12.4. The van der Waals surface area contributed by atoms with Gasteiger partial charge in [-0.05, 0) is 54.7 Å². The van der Waals surface area contributed by atoms with E-state index in [9.17, 15) is 4.79 Å². The summed E-state index contributed by atoms with van der Waals surface area (Å²) in [5, 5.41) is 3.48. The molecule has 1 aliphatic rings. The molecule has 5 heteroatoms. The van der Waals surface area contributed by atoms with Crippen LogP contribution in [0.5, 0.6) is 0 Å². The molecule has 112 valence electrons. The monoisotopic (exact) mass is 341 g/mol. The molecular weight excluding hydrogens is 318 g/mol. The lowest BCUT2D eigenvalue weighted by Crippen LogP contribution is -2.42. The Morgan fingerprint density at radius 1 is 1.55 bits per heavy atom. The van der Waals surface area contributed by atoms with Crippen LogP contribution in [0.25, 0.3) is 0 Å². The van der Waals surface area contributed by atoms with E-state index in [-0.39, 0.29) is 5.91 Å². The molecule has 0 bridgehead atoms. The third-order valence-corrected chi connectivity index (χ3v) is 4.24. The Labute approximate surface area is 129 Å². The molecule has 1 saturated heterocycles. The van der Waals surface area contributed by atoms with Crippen LogP contribution in [0.1, 0.15) is 43.6 Å². The van der Waals surface area contributed by atoms with Gasteiger partial charge in [-0.2, -0.15) is 0 Å². The topological polar surface area (TPSA) is 37.3 Å². The molecule has 1 unspecified atom stereocenters. The zero-order chi connectivity index (χ0) is 14.5. The molecule has 0 aromatic carbocycles. The van der Waals surface area contributed by atoms with Crippen molar-refractivity contribution in [3.8, 4) is 0 Å². The third kappa shape index (κ3) is 3.64. The molecule has 1 fully saturated rings. The number of nitrogens with zero attached hydrogens (tertiary/aromatic N) is 2. The van der Waals surface area contributed by atoms with Crippen molar-refractivity contribution in [3.63, 3.8) is 0 Å². The lowest BCUT2D eigenvalue weighted by molar-refractivity contribution is 0.0731. The summed E-state index contributed by atoms with van der Waals surface area (Å²) in [7, 11) is 0. The zero-order valence-corrected chi connectivity index (χ0v) is 13.9. The summed E-state index contributed by atoms with van der Waals surface area (Å²) in [6, 6.07) is 2.38. The summed E-state index contributed by atoms with van der Waals surface area (Å²) < 4.78 is 2.98. The van der Waals surface area contributed by atoms with Gasteiger partial charge in [0.2, 0.25) is 0 Å². The van der Waals surface area contributed by atoms with E-state index in [2.05, 4.69) is 35.1 Å². The molecule has 1 aromatic rings. The summed E-state index contributed by atoms with van der Waals surface area (Å²) in [6.07, 6.45) is 5.36. The van der Waals surface area contributed by atoms with Gasteiger partial charge < -0.3 is 14.8 Å². The highest BCUT2D eigenvalue weighted by atomic mass is 79.9. The van der Waals surface area contributed by atoms with Crippen LogP contribution in [0.15, 0.2) is 16.7 Å². The predicted molar refractivity (Wildman–Crippen MR) is 85.0 cm³/mol. The number of halogens is 1. The Morgan fingerprint density at radius 3 is 2.95 bits per heavy atom. The van der Waals surface area contributed by atoms with E-state index in [1.807, 2.05) is 21.7 Å². The van der Waals surface area contributed by atoms with Gasteiger partial charge >= 0.3 is 0 Å². The van der Waals surface area contributed by atoms with Crippen molar-refractivity contribution in [1.29, 1.82) is 0 Å². The van der Waals surface area contributed by atoms with Crippen molar-refractivity contribution in [2.75, 3.05) is 19.6 Å². The van der Waals surface area contributed by atoms with Gasteiger partial charge in [0, 0.05) is 36.3 Å². The van der Waals surface area contributed by atoms with E-state index in [1.165, 1.54) is 12.8 Å². The lowest BCUT2D eigenvalue weighted by Gasteiger charge is -2.26. The predicted octanol–water partition coefficient (Wildman–Crippen LogP) is 2.87. The lowest BCUT2D eigenvalue weighted by atomic mass is 10.2. The van der Waals surface area contributed by atoms with E-state index in [0.29, 0.717) is 6.04 Å². The van der Waals surface area contributed by atoms with Crippen LogP contribution >= 0.6 is 15.9 Å². The van der Waals surface area contributed by atoms with Crippen LogP contribution in [0.4, 0.5) is 0 Å². The second-order valence-electron chi connectivity index (χ2n) is 5.37. The molecule has 0 aliphatic carbocycles. The van der Waals surface area contributed by atoms with E-state index in [1.54, 1.807) is 0 Å². The summed E-state index contributed by atoms with van der Waals surface area (Å²) in [6.45, 7) is 7.72. The number of rotatable bonds is 6. The first-order valence-corrected chi connectivity index (χ1v) is 8.33. The number of aryl methyl sites for hydroxylation is 1. The van der Waals surface area contributed by atoms with Gasteiger partial charge in [-0.25, -0.2) is 0 Å². The molecule has 1 atom stereocenters. The van der Waals surface area contributed by atoms with Gasteiger partial charge in [-0.3, -0.25) is 4.79 Å². The van der Waals surface area contributed by atoms with Crippen LogP contribution in [0.2, 0.25) is 0 Å². The van der Waals surface area contributed by atoms with E-state index >= 15 is 0 Å². The van der Waals surface area contributed by atoms with Crippen LogP contribution in [-0.2, 0) is 6.54 Å². The van der Waals surface area contributed by atoms with Crippen LogP contribution < -0.4 is 5.32 Å². The second kappa shape index (κ2) is 7.27. The van der Waals surface area contributed by atoms with Crippen molar-refractivity contribution >= 4 is 21.8 Å². The fourth-order valence-electron chi connectivity index (χ4n) is 2.80. The number of hydrogen-bond donors (Lipinski definition) is 1. The summed E-state index contributed by atoms with van der Waals surface area (Å²) in [5.74, 6) is 0.146. The highest BCUT2D eigenvalue weighted by Gasteiger charge is 2.23. The minimum absolute atomic E-state index is 0.146. The number of aromatic nitrogens is 1. The Morgan fingerprint density at radius 2 is 2.35 bits per heavy atom. The molecule has 1 aliphatic heterocycles. The fraction of sp³-hybridized carbons (Fsp3) is 0.667. The minimum Gasteiger partial charge on any atom is -0.343 e. The average Bonchev–Trinajstić information content (AvgIpc) is 3.06. The Bertz CT molecular complexity index is 452. The third-order valence-electron chi connectivity index (χ3n) is 3.81. The van der Waals surface area contributed by atoms with Gasteiger partial charge in [0.15, 0.2) is 0 Å². The first-order valence-electron chi connectivity index (χ1n) is 7.54. The maximum atomic E-state index is 12.8. The second-order valence-corrected chi connectivity index (χ2v) is 6.29. The normalized spacial score (nSPS) is 18.4. The maximum absolute atomic E-state index is 12.8. The SMILES string of the molecule is CCCN(CC1CCCN1)C(=O)c1cc(Br)cn1CC. The number of amides is 1. The van der Waals surface area contributed by atoms with E-state index in [4.69, 9.17) is 0 Å². The summed E-state index contributed by atoms with van der Waals surface area (Å²) in [4.78, 5) is 14.8. The van der Waals surface area contributed by atoms with Crippen LogP contribution in [0.3, 0.4) is 0 Å².